The Bertz CT molecular complexity index is 199. The van der Waals surface area contributed by atoms with E-state index in [4.69, 9.17) is 20.7 Å². The van der Waals surface area contributed by atoms with E-state index in [2.05, 4.69) is 5.32 Å². The number of aliphatic hydroxyl groups excluding tert-OH is 3. The van der Waals surface area contributed by atoms with E-state index in [0.717, 1.165) is 0 Å². The Morgan fingerprint density at radius 2 is 2.00 bits per heavy atom. The van der Waals surface area contributed by atoms with E-state index >= 15 is 0 Å². The Hall–Kier alpha value is -0.890. The standard InChI is InChI=1S/C6H12N2O5/c7-6(12)8-5-4(11)3(10)2(9)1-13-5/h2-5,9-11H,1H2,(H3,7,8,12)/t2-,3-,4-,5?/m1/s1. The molecule has 1 unspecified atom stereocenters. The van der Waals surface area contributed by atoms with Gasteiger partial charge in [0.05, 0.1) is 6.61 Å². The molecular weight excluding hydrogens is 180 g/mol. The summed E-state index contributed by atoms with van der Waals surface area (Å²) in [5.41, 5.74) is 4.78. The number of rotatable bonds is 1. The van der Waals surface area contributed by atoms with E-state index in [1.807, 2.05) is 0 Å². The molecule has 0 radical (unpaired) electrons. The van der Waals surface area contributed by atoms with Crippen molar-refractivity contribution in [2.45, 2.75) is 24.5 Å². The fourth-order valence-corrected chi connectivity index (χ4v) is 1.07. The third-order valence-corrected chi connectivity index (χ3v) is 1.79. The summed E-state index contributed by atoms with van der Waals surface area (Å²) in [5.74, 6) is 0. The summed E-state index contributed by atoms with van der Waals surface area (Å²) in [6, 6.07) is -0.868. The first kappa shape index (κ1) is 10.2. The van der Waals surface area contributed by atoms with Crippen molar-refractivity contribution in [3.8, 4) is 0 Å². The Morgan fingerprint density at radius 3 is 2.54 bits per heavy atom. The Labute approximate surface area is 74.1 Å². The maximum atomic E-state index is 10.4. The Morgan fingerprint density at radius 1 is 1.38 bits per heavy atom. The molecule has 1 saturated heterocycles. The van der Waals surface area contributed by atoms with E-state index in [1.165, 1.54) is 0 Å². The van der Waals surface area contributed by atoms with Crippen molar-refractivity contribution in [2.24, 2.45) is 5.73 Å². The van der Waals surface area contributed by atoms with Gasteiger partial charge in [0, 0.05) is 0 Å². The minimum absolute atomic E-state index is 0.164. The van der Waals surface area contributed by atoms with Crippen LogP contribution in [0.4, 0.5) is 4.79 Å². The van der Waals surface area contributed by atoms with Gasteiger partial charge in [-0.3, -0.25) is 0 Å². The Kier molecular flexibility index (Phi) is 3.04. The molecule has 0 saturated carbocycles. The first-order valence-corrected chi connectivity index (χ1v) is 3.74. The van der Waals surface area contributed by atoms with Crippen molar-refractivity contribution in [1.29, 1.82) is 0 Å². The van der Waals surface area contributed by atoms with Gasteiger partial charge in [-0.2, -0.15) is 0 Å². The van der Waals surface area contributed by atoms with Crippen molar-refractivity contribution in [3.05, 3.63) is 0 Å². The van der Waals surface area contributed by atoms with Gasteiger partial charge in [-0.1, -0.05) is 0 Å². The van der Waals surface area contributed by atoms with Crippen LogP contribution in [-0.2, 0) is 4.74 Å². The molecular formula is C6H12N2O5. The molecule has 7 heteroatoms. The van der Waals surface area contributed by atoms with E-state index in [9.17, 15) is 9.90 Å². The van der Waals surface area contributed by atoms with Crippen molar-refractivity contribution in [2.75, 3.05) is 6.61 Å². The quantitative estimate of drug-likeness (QED) is 0.304. The van der Waals surface area contributed by atoms with Gasteiger partial charge in [-0.15, -0.1) is 0 Å². The lowest BCUT2D eigenvalue weighted by molar-refractivity contribution is -0.191. The van der Waals surface area contributed by atoms with Crippen LogP contribution < -0.4 is 11.1 Å². The smallest absolute Gasteiger partial charge is 0.314 e. The molecule has 6 N–H and O–H groups in total. The van der Waals surface area contributed by atoms with Gasteiger partial charge in [0.25, 0.3) is 0 Å². The predicted octanol–water partition coefficient (Wildman–Crippen LogP) is -2.91. The zero-order valence-corrected chi connectivity index (χ0v) is 6.75. The van der Waals surface area contributed by atoms with E-state index in [0.29, 0.717) is 0 Å². The number of carbonyl (C=O) groups is 1. The topological polar surface area (TPSA) is 125 Å². The van der Waals surface area contributed by atoms with Crippen LogP contribution in [0.2, 0.25) is 0 Å². The minimum atomic E-state index is -1.38. The van der Waals surface area contributed by atoms with Gasteiger partial charge in [-0.25, -0.2) is 4.79 Å². The molecule has 0 aliphatic carbocycles. The SMILES string of the molecule is NC(=O)NC1OC[C@@H](O)[C@@H](O)[C@H]1O. The minimum Gasteiger partial charge on any atom is -0.388 e. The number of hydrogen-bond acceptors (Lipinski definition) is 5. The first-order chi connectivity index (χ1) is 6.02. The monoisotopic (exact) mass is 192 g/mol. The lowest BCUT2D eigenvalue weighted by Gasteiger charge is -2.34. The first-order valence-electron chi connectivity index (χ1n) is 3.74. The number of aliphatic hydroxyl groups is 3. The average molecular weight is 192 g/mol. The van der Waals surface area contributed by atoms with Crippen LogP contribution in [0.3, 0.4) is 0 Å². The van der Waals surface area contributed by atoms with Crippen molar-refractivity contribution in [1.82, 2.24) is 5.32 Å². The number of primary amides is 1. The molecule has 0 spiro atoms. The van der Waals surface area contributed by atoms with Crippen molar-refractivity contribution < 1.29 is 24.9 Å². The van der Waals surface area contributed by atoms with E-state index < -0.39 is 30.6 Å². The fraction of sp³-hybridized carbons (Fsp3) is 0.833. The maximum absolute atomic E-state index is 10.4. The normalized spacial score (nSPS) is 39.9. The molecule has 1 heterocycles. The highest BCUT2D eigenvalue weighted by Crippen LogP contribution is 2.13. The summed E-state index contributed by atoms with van der Waals surface area (Å²) >= 11 is 0. The van der Waals surface area contributed by atoms with Crippen LogP contribution in [0.1, 0.15) is 0 Å². The zero-order chi connectivity index (χ0) is 10.0. The number of nitrogens with one attached hydrogen (secondary N) is 1. The van der Waals surface area contributed by atoms with Crippen LogP contribution in [0.25, 0.3) is 0 Å². The molecule has 4 atom stereocenters. The largest absolute Gasteiger partial charge is 0.388 e. The highest BCUT2D eigenvalue weighted by Gasteiger charge is 2.37. The number of carbonyl (C=O) groups excluding carboxylic acids is 1. The summed E-state index contributed by atoms with van der Waals surface area (Å²) in [5, 5.41) is 29.5. The molecule has 0 bridgehead atoms. The average Bonchev–Trinajstić information content (AvgIpc) is 2.06. The maximum Gasteiger partial charge on any atom is 0.314 e. The summed E-state index contributed by atoms with van der Waals surface area (Å²) in [6.07, 6.45) is -4.95. The molecule has 1 aliphatic heterocycles. The summed E-state index contributed by atoms with van der Waals surface area (Å²) in [7, 11) is 0. The number of amides is 2. The second-order valence-corrected chi connectivity index (χ2v) is 2.81. The van der Waals surface area contributed by atoms with Gasteiger partial charge in [0.15, 0.2) is 6.23 Å². The molecule has 2 amide bonds. The zero-order valence-electron chi connectivity index (χ0n) is 6.75. The summed E-state index contributed by atoms with van der Waals surface area (Å²) in [6.45, 7) is -0.164. The van der Waals surface area contributed by atoms with Crippen LogP contribution in [0.15, 0.2) is 0 Å². The molecule has 76 valence electrons. The van der Waals surface area contributed by atoms with Crippen LogP contribution in [0, 0.1) is 0 Å². The van der Waals surface area contributed by atoms with E-state index in [-0.39, 0.29) is 6.61 Å². The van der Waals surface area contributed by atoms with Crippen molar-refractivity contribution >= 4 is 6.03 Å². The molecule has 7 nitrogen and oxygen atoms in total. The summed E-state index contributed by atoms with van der Waals surface area (Å²) < 4.78 is 4.81. The van der Waals surface area contributed by atoms with Gasteiger partial charge >= 0.3 is 6.03 Å². The molecule has 0 aromatic heterocycles. The molecule has 0 aromatic rings. The molecule has 1 rings (SSSR count). The fourth-order valence-electron chi connectivity index (χ4n) is 1.07. The van der Waals surface area contributed by atoms with E-state index in [1.54, 1.807) is 0 Å². The van der Waals surface area contributed by atoms with Crippen LogP contribution in [-0.4, -0.2) is 52.5 Å². The number of urea groups is 1. The molecule has 13 heavy (non-hydrogen) atoms. The van der Waals surface area contributed by atoms with Crippen LogP contribution in [0.5, 0.6) is 0 Å². The third kappa shape index (κ3) is 2.28. The van der Waals surface area contributed by atoms with Crippen molar-refractivity contribution in [3.63, 3.8) is 0 Å². The second-order valence-electron chi connectivity index (χ2n) is 2.81. The van der Waals surface area contributed by atoms with Crippen LogP contribution >= 0.6 is 0 Å². The number of nitrogens with two attached hydrogens (primary N) is 1. The Balaban J connectivity index is 2.53. The van der Waals surface area contributed by atoms with Gasteiger partial charge in [0.2, 0.25) is 0 Å². The molecule has 0 aromatic carbocycles. The molecule has 1 aliphatic rings. The third-order valence-electron chi connectivity index (χ3n) is 1.79. The lowest BCUT2D eigenvalue weighted by Crippen LogP contribution is -2.59. The van der Waals surface area contributed by atoms with Gasteiger partial charge < -0.3 is 31.1 Å². The highest BCUT2D eigenvalue weighted by atomic mass is 16.5. The highest BCUT2D eigenvalue weighted by molar-refractivity contribution is 5.71. The second kappa shape index (κ2) is 3.88. The lowest BCUT2D eigenvalue weighted by atomic mass is 10.0. The van der Waals surface area contributed by atoms with Gasteiger partial charge in [0.1, 0.15) is 18.3 Å². The number of hydrogen-bond donors (Lipinski definition) is 5. The summed E-state index contributed by atoms with van der Waals surface area (Å²) in [4.78, 5) is 10.4. The number of ether oxygens (including phenoxy) is 1. The molecule has 1 fully saturated rings. The van der Waals surface area contributed by atoms with Gasteiger partial charge in [-0.05, 0) is 0 Å². The predicted molar refractivity (Wildman–Crippen MR) is 40.5 cm³/mol.